The van der Waals surface area contributed by atoms with E-state index >= 15 is 0 Å². The molecule has 0 saturated heterocycles. The van der Waals surface area contributed by atoms with Crippen molar-refractivity contribution in [2.45, 2.75) is 20.5 Å². The Morgan fingerprint density at radius 1 is 1.10 bits per heavy atom. The molecule has 0 saturated carbocycles. The number of carbonyl (C=O) groups excluding carboxylic acids is 1. The number of hydrogen-bond donors (Lipinski definition) is 0. The molecule has 1 aliphatic rings. The molecule has 0 aliphatic carbocycles. The van der Waals surface area contributed by atoms with E-state index < -0.39 is 5.97 Å². The number of oxime groups is 1. The highest BCUT2D eigenvalue weighted by atomic mass is 79.9. The van der Waals surface area contributed by atoms with Crippen molar-refractivity contribution < 1.29 is 19.1 Å². The second-order valence-corrected chi connectivity index (χ2v) is 7.66. The van der Waals surface area contributed by atoms with Gasteiger partial charge < -0.3 is 14.3 Å². The van der Waals surface area contributed by atoms with Gasteiger partial charge in [-0.05, 0) is 69.9 Å². The third kappa shape index (κ3) is 4.09. The van der Waals surface area contributed by atoms with Crippen molar-refractivity contribution in [3.8, 4) is 11.5 Å². The van der Waals surface area contributed by atoms with Gasteiger partial charge in [0.1, 0.15) is 6.61 Å². The van der Waals surface area contributed by atoms with E-state index in [0.717, 1.165) is 21.0 Å². The molecule has 0 atom stereocenters. The van der Waals surface area contributed by atoms with Gasteiger partial charge in [0.2, 0.25) is 0 Å². The predicted molar refractivity (Wildman–Crippen MR) is 121 cm³/mol. The third-order valence-corrected chi connectivity index (χ3v) is 5.36. The van der Waals surface area contributed by atoms with Crippen LogP contribution in [0, 0.1) is 0 Å². The van der Waals surface area contributed by atoms with Crippen LogP contribution in [-0.4, -0.2) is 18.3 Å². The normalized spacial score (nSPS) is 14.7. The van der Waals surface area contributed by atoms with Crippen LogP contribution in [0.4, 0.5) is 0 Å². The Morgan fingerprint density at radius 3 is 2.67 bits per heavy atom. The molecule has 0 fully saturated rings. The number of ether oxygens (including phenoxy) is 2. The van der Waals surface area contributed by atoms with Gasteiger partial charge in [0.05, 0.1) is 22.4 Å². The zero-order chi connectivity index (χ0) is 21.1. The first-order chi connectivity index (χ1) is 14.6. The maximum Gasteiger partial charge on any atom is 0.367 e. The Hall–Kier alpha value is -3.12. The Bertz CT molecular complexity index is 1180. The molecule has 0 N–H and O–H groups in total. The SMILES string of the molecule is CCOc1cc(/C=C2/C(=O)ON=C2C)cc(Br)c1OCc1cccc2ccccc12. The first-order valence-electron chi connectivity index (χ1n) is 9.60. The molecule has 4 rings (SSSR count). The van der Waals surface area contributed by atoms with Gasteiger partial charge in [0.15, 0.2) is 11.5 Å². The number of carbonyl (C=O) groups is 1. The van der Waals surface area contributed by atoms with Gasteiger partial charge in [-0.25, -0.2) is 4.79 Å². The van der Waals surface area contributed by atoms with Crippen LogP contribution < -0.4 is 9.47 Å². The average molecular weight is 466 g/mol. The number of nitrogens with zero attached hydrogens (tertiary/aromatic N) is 1. The standard InChI is InChI=1S/C24H20BrNO4/c1-3-28-22-13-16(11-20-15(2)26-30-24(20)27)12-21(25)23(22)29-14-18-9-6-8-17-7-4-5-10-19(17)18/h4-13H,3,14H2,1-2H3/b20-11+. The Labute approximate surface area is 183 Å². The lowest BCUT2D eigenvalue weighted by atomic mass is 10.1. The van der Waals surface area contributed by atoms with Gasteiger partial charge in [0, 0.05) is 0 Å². The summed E-state index contributed by atoms with van der Waals surface area (Å²) in [7, 11) is 0. The lowest BCUT2D eigenvalue weighted by molar-refractivity contribution is -0.136. The topological polar surface area (TPSA) is 57.1 Å². The average Bonchev–Trinajstić information content (AvgIpc) is 3.05. The molecule has 0 unspecified atom stereocenters. The molecule has 1 aliphatic heterocycles. The molecule has 30 heavy (non-hydrogen) atoms. The van der Waals surface area contributed by atoms with Crippen LogP contribution in [0.5, 0.6) is 11.5 Å². The largest absolute Gasteiger partial charge is 0.490 e. The highest BCUT2D eigenvalue weighted by Gasteiger charge is 2.22. The Kier molecular flexibility index (Phi) is 5.86. The fraction of sp³-hybridized carbons (Fsp3) is 0.167. The van der Waals surface area contributed by atoms with Crippen molar-refractivity contribution in [2.24, 2.45) is 5.16 Å². The second kappa shape index (κ2) is 8.71. The molecule has 6 heteroatoms. The van der Waals surface area contributed by atoms with Gasteiger partial charge in [-0.3, -0.25) is 0 Å². The maximum atomic E-state index is 11.8. The maximum absolute atomic E-state index is 11.8. The van der Waals surface area contributed by atoms with Crippen molar-refractivity contribution >= 4 is 44.5 Å². The molecule has 0 aromatic heterocycles. The molecule has 0 bridgehead atoms. The van der Waals surface area contributed by atoms with E-state index in [2.05, 4.69) is 45.4 Å². The minimum atomic E-state index is -0.460. The molecule has 5 nitrogen and oxygen atoms in total. The lowest BCUT2D eigenvalue weighted by Crippen LogP contribution is -2.03. The van der Waals surface area contributed by atoms with Gasteiger partial charge in [-0.1, -0.05) is 47.6 Å². The summed E-state index contributed by atoms with van der Waals surface area (Å²) in [6.45, 7) is 4.54. The number of fused-ring (bicyclic) bond motifs is 1. The summed E-state index contributed by atoms with van der Waals surface area (Å²) in [5.41, 5.74) is 2.85. The molecule has 152 valence electrons. The first kappa shape index (κ1) is 20.2. The minimum absolute atomic E-state index is 0.401. The van der Waals surface area contributed by atoms with Crippen LogP contribution in [0.25, 0.3) is 16.8 Å². The molecule has 0 radical (unpaired) electrons. The van der Waals surface area contributed by atoms with Crippen LogP contribution in [0.3, 0.4) is 0 Å². The molecular formula is C24H20BrNO4. The summed E-state index contributed by atoms with van der Waals surface area (Å²) in [6.07, 6.45) is 1.73. The molecule has 3 aromatic carbocycles. The van der Waals surface area contributed by atoms with Crippen LogP contribution in [0.15, 0.2) is 69.8 Å². The van der Waals surface area contributed by atoms with E-state index in [0.29, 0.717) is 36.0 Å². The Morgan fingerprint density at radius 2 is 1.90 bits per heavy atom. The molecule has 0 spiro atoms. The van der Waals surface area contributed by atoms with E-state index in [1.54, 1.807) is 13.0 Å². The fourth-order valence-electron chi connectivity index (χ4n) is 3.33. The van der Waals surface area contributed by atoms with Crippen LogP contribution in [0.1, 0.15) is 25.0 Å². The van der Waals surface area contributed by atoms with Crippen molar-refractivity contribution in [3.63, 3.8) is 0 Å². The fourth-order valence-corrected chi connectivity index (χ4v) is 3.90. The summed E-state index contributed by atoms with van der Waals surface area (Å²) >= 11 is 3.59. The zero-order valence-electron chi connectivity index (χ0n) is 16.6. The quantitative estimate of drug-likeness (QED) is 0.336. The number of rotatable bonds is 6. The highest BCUT2D eigenvalue weighted by molar-refractivity contribution is 9.10. The van der Waals surface area contributed by atoms with E-state index in [-0.39, 0.29) is 0 Å². The van der Waals surface area contributed by atoms with E-state index in [1.165, 1.54) is 5.39 Å². The zero-order valence-corrected chi connectivity index (χ0v) is 18.2. The van der Waals surface area contributed by atoms with Crippen molar-refractivity contribution in [2.75, 3.05) is 6.61 Å². The summed E-state index contributed by atoms with van der Waals surface area (Å²) in [5.74, 6) is 0.754. The highest BCUT2D eigenvalue weighted by Crippen LogP contribution is 2.38. The summed E-state index contributed by atoms with van der Waals surface area (Å²) < 4.78 is 12.7. The van der Waals surface area contributed by atoms with Crippen LogP contribution >= 0.6 is 15.9 Å². The summed E-state index contributed by atoms with van der Waals surface area (Å²) in [5, 5.41) is 6.04. The van der Waals surface area contributed by atoms with Gasteiger partial charge >= 0.3 is 5.97 Å². The number of hydrogen-bond acceptors (Lipinski definition) is 5. The minimum Gasteiger partial charge on any atom is -0.490 e. The summed E-state index contributed by atoms with van der Waals surface area (Å²) in [4.78, 5) is 16.6. The van der Waals surface area contributed by atoms with Gasteiger partial charge in [-0.15, -0.1) is 0 Å². The summed E-state index contributed by atoms with van der Waals surface area (Å²) in [6, 6.07) is 18.1. The third-order valence-electron chi connectivity index (χ3n) is 4.77. The van der Waals surface area contributed by atoms with E-state index in [9.17, 15) is 4.79 Å². The van der Waals surface area contributed by atoms with Crippen LogP contribution in [0.2, 0.25) is 0 Å². The van der Waals surface area contributed by atoms with Crippen molar-refractivity contribution in [3.05, 3.63) is 75.8 Å². The second-order valence-electron chi connectivity index (χ2n) is 6.80. The smallest absolute Gasteiger partial charge is 0.367 e. The van der Waals surface area contributed by atoms with Crippen LogP contribution in [-0.2, 0) is 16.2 Å². The molecule has 1 heterocycles. The molecule has 3 aromatic rings. The monoisotopic (exact) mass is 465 g/mol. The number of halogens is 1. The first-order valence-corrected chi connectivity index (χ1v) is 10.4. The van der Waals surface area contributed by atoms with Crippen molar-refractivity contribution in [1.82, 2.24) is 0 Å². The Balaban J connectivity index is 1.65. The molecule has 0 amide bonds. The predicted octanol–water partition coefficient (Wildman–Crippen LogP) is 5.90. The van der Waals surface area contributed by atoms with Crippen molar-refractivity contribution in [1.29, 1.82) is 0 Å². The van der Waals surface area contributed by atoms with E-state index in [4.69, 9.17) is 14.3 Å². The molecular weight excluding hydrogens is 446 g/mol. The van der Waals surface area contributed by atoms with Gasteiger partial charge in [-0.2, -0.15) is 0 Å². The lowest BCUT2D eigenvalue weighted by Gasteiger charge is -2.16. The van der Waals surface area contributed by atoms with Gasteiger partial charge in [0.25, 0.3) is 0 Å². The number of benzene rings is 3. The van der Waals surface area contributed by atoms with E-state index in [1.807, 2.05) is 37.3 Å².